The van der Waals surface area contributed by atoms with Gasteiger partial charge in [-0.1, -0.05) is 29.5 Å². The van der Waals surface area contributed by atoms with E-state index in [1.165, 1.54) is 21.9 Å². The quantitative estimate of drug-likeness (QED) is 0.644. The van der Waals surface area contributed by atoms with Crippen LogP contribution >= 0.6 is 11.3 Å². The van der Waals surface area contributed by atoms with Crippen molar-refractivity contribution in [3.8, 4) is 5.75 Å². The van der Waals surface area contributed by atoms with E-state index in [4.69, 9.17) is 4.74 Å². The first-order valence-electron chi connectivity index (χ1n) is 8.76. The van der Waals surface area contributed by atoms with E-state index in [0.717, 1.165) is 35.0 Å². The summed E-state index contributed by atoms with van der Waals surface area (Å²) in [5.74, 6) is 1.55. The zero-order valence-corrected chi connectivity index (χ0v) is 16.8. The van der Waals surface area contributed by atoms with Gasteiger partial charge in [-0.15, -0.1) is 10.2 Å². The Bertz CT molecular complexity index is 1060. The summed E-state index contributed by atoms with van der Waals surface area (Å²) in [7, 11) is -3.20. The van der Waals surface area contributed by atoms with Crippen molar-refractivity contribution in [2.45, 2.75) is 32.3 Å². The molecule has 10 heteroatoms. The van der Waals surface area contributed by atoms with Crippen LogP contribution in [0.4, 0.5) is 0 Å². The maximum atomic E-state index is 11.9. The van der Waals surface area contributed by atoms with Gasteiger partial charge in [0.15, 0.2) is 10.8 Å². The van der Waals surface area contributed by atoms with Gasteiger partial charge >= 0.3 is 0 Å². The average molecular weight is 408 g/mol. The van der Waals surface area contributed by atoms with Gasteiger partial charge in [0.05, 0.1) is 6.26 Å². The van der Waals surface area contributed by atoms with Gasteiger partial charge in [0.1, 0.15) is 12.4 Å². The summed E-state index contributed by atoms with van der Waals surface area (Å²) in [6, 6.07) is 7.85. The molecule has 1 aliphatic heterocycles. The number of hydrogen-bond donors (Lipinski definition) is 0. The fourth-order valence-corrected chi connectivity index (χ4v) is 4.96. The van der Waals surface area contributed by atoms with Gasteiger partial charge in [0, 0.05) is 19.0 Å². The minimum atomic E-state index is -3.20. The van der Waals surface area contributed by atoms with Crippen LogP contribution in [-0.4, -0.2) is 51.9 Å². The van der Waals surface area contributed by atoms with Crippen LogP contribution in [0.25, 0.3) is 4.96 Å². The van der Waals surface area contributed by atoms with Gasteiger partial charge in [-0.05, 0) is 31.4 Å². The molecule has 1 atom stereocenters. The Hall–Kier alpha value is -2.04. The highest BCUT2D eigenvalue weighted by Gasteiger charge is 2.30. The van der Waals surface area contributed by atoms with Gasteiger partial charge in [-0.2, -0.15) is 9.61 Å². The lowest BCUT2D eigenvalue weighted by Crippen LogP contribution is -2.38. The van der Waals surface area contributed by atoms with Crippen LogP contribution in [-0.2, 0) is 16.6 Å². The molecule has 3 heterocycles. The van der Waals surface area contributed by atoms with Crippen LogP contribution in [0, 0.1) is 6.92 Å². The second-order valence-electron chi connectivity index (χ2n) is 6.76. The third-order valence-corrected chi connectivity index (χ3v) is 6.86. The second kappa shape index (κ2) is 7.17. The summed E-state index contributed by atoms with van der Waals surface area (Å²) in [5, 5.41) is 13.9. The maximum absolute atomic E-state index is 11.9. The molecular formula is C17H21N5O3S2. The van der Waals surface area contributed by atoms with E-state index < -0.39 is 10.0 Å². The third-order valence-electron chi connectivity index (χ3n) is 4.72. The van der Waals surface area contributed by atoms with Gasteiger partial charge in [0.25, 0.3) is 0 Å². The average Bonchev–Trinajstić information content (AvgIpc) is 3.20. The monoisotopic (exact) mass is 407 g/mol. The zero-order valence-electron chi connectivity index (χ0n) is 15.2. The Balaban J connectivity index is 1.53. The molecule has 1 unspecified atom stereocenters. The van der Waals surface area contributed by atoms with Crippen molar-refractivity contribution in [1.82, 2.24) is 24.1 Å². The molecule has 2 aromatic heterocycles. The summed E-state index contributed by atoms with van der Waals surface area (Å²) in [6.45, 7) is 3.34. The first-order valence-corrected chi connectivity index (χ1v) is 11.4. The number of nitrogens with zero attached hydrogens (tertiary/aromatic N) is 5. The highest BCUT2D eigenvalue weighted by molar-refractivity contribution is 7.88. The number of aromatic nitrogens is 4. The lowest BCUT2D eigenvalue weighted by Gasteiger charge is -2.29. The third kappa shape index (κ3) is 3.83. The summed E-state index contributed by atoms with van der Waals surface area (Å²) < 4.78 is 32.9. The first kappa shape index (κ1) is 18.3. The Morgan fingerprint density at radius 1 is 1.30 bits per heavy atom. The number of hydrogen-bond acceptors (Lipinski definition) is 7. The van der Waals surface area contributed by atoms with Gasteiger partial charge in [-0.3, -0.25) is 0 Å². The number of rotatable bonds is 5. The topological polar surface area (TPSA) is 89.7 Å². The van der Waals surface area contributed by atoms with Crippen molar-refractivity contribution < 1.29 is 13.2 Å². The van der Waals surface area contributed by atoms with E-state index >= 15 is 0 Å². The number of aryl methyl sites for hydroxylation is 1. The molecule has 4 rings (SSSR count). The highest BCUT2D eigenvalue weighted by atomic mass is 32.2. The Morgan fingerprint density at radius 3 is 2.89 bits per heavy atom. The first-order chi connectivity index (χ1) is 12.9. The molecule has 1 aliphatic rings. The summed E-state index contributed by atoms with van der Waals surface area (Å²) in [4.78, 5) is 0.699. The molecule has 8 nitrogen and oxygen atoms in total. The van der Waals surface area contributed by atoms with E-state index in [9.17, 15) is 8.42 Å². The van der Waals surface area contributed by atoms with Crippen molar-refractivity contribution in [2.75, 3.05) is 19.3 Å². The predicted molar refractivity (Wildman–Crippen MR) is 103 cm³/mol. The van der Waals surface area contributed by atoms with Crippen LogP contribution in [0.2, 0.25) is 0 Å². The van der Waals surface area contributed by atoms with Gasteiger partial charge in [-0.25, -0.2) is 12.7 Å². The summed E-state index contributed by atoms with van der Waals surface area (Å²) >= 11 is 1.43. The van der Waals surface area contributed by atoms with Crippen molar-refractivity contribution in [2.24, 2.45) is 0 Å². The second-order valence-corrected chi connectivity index (χ2v) is 9.79. The van der Waals surface area contributed by atoms with E-state index in [-0.39, 0.29) is 5.92 Å². The number of sulfonamides is 1. The van der Waals surface area contributed by atoms with Crippen molar-refractivity contribution in [1.29, 1.82) is 0 Å². The number of ether oxygens (including phenoxy) is 1. The molecule has 144 valence electrons. The van der Waals surface area contributed by atoms with Gasteiger partial charge in [0.2, 0.25) is 15.0 Å². The number of para-hydroxylation sites is 1. The fraction of sp³-hybridized carbons (Fsp3) is 0.471. The van der Waals surface area contributed by atoms with Crippen molar-refractivity contribution in [3.63, 3.8) is 0 Å². The Morgan fingerprint density at radius 2 is 2.11 bits per heavy atom. The summed E-state index contributed by atoms with van der Waals surface area (Å²) in [6.07, 6.45) is 2.93. The van der Waals surface area contributed by atoms with Crippen LogP contribution in [0.15, 0.2) is 24.3 Å². The molecule has 0 aliphatic carbocycles. The molecular weight excluding hydrogens is 386 g/mol. The minimum Gasteiger partial charge on any atom is -0.486 e. The normalized spacial score (nSPS) is 18.8. The fourth-order valence-electron chi connectivity index (χ4n) is 3.30. The molecule has 1 aromatic carbocycles. The lowest BCUT2D eigenvalue weighted by molar-refractivity contribution is 0.299. The number of piperidine rings is 1. The van der Waals surface area contributed by atoms with Crippen LogP contribution < -0.4 is 4.74 Å². The highest BCUT2D eigenvalue weighted by Crippen LogP contribution is 2.28. The molecule has 3 aromatic rings. The van der Waals surface area contributed by atoms with Crippen molar-refractivity contribution >= 4 is 26.3 Å². The van der Waals surface area contributed by atoms with E-state index in [1.54, 1.807) is 4.52 Å². The molecule has 1 saturated heterocycles. The molecule has 1 fully saturated rings. The van der Waals surface area contributed by atoms with Gasteiger partial charge < -0.3 is 4.74 Å². The predicted octanol–water partition coefficient (Wildman–Crippen LogP) is 2.21. The standard InChI is InChI=1S/C17H21N5O3S2/c1-12-6-3-4-8-14(12)25-11-15-20-22-16(18-19-17(22)26-15)13-7-5-9-21(10-13)27(2,23)24/h3-4,6,8,13H,5,7,9-11H2,1-2H3. The SMILES string of the molecule is Cc1ccccc1OCc1nn2c(C3CCCN(S(C)(=O)=O)C3)nnc2s1. The number of benzene rings is 1. The summed E-state index contributed by atoms with van der Waals surface area (Å²) in [5.41, 5.74) is 1.07. The molecule has 0 radical (unpaired) electrons. The van der Waals surface area contributed by atoms with Crippen molar-refractivity contribution in [3.05, 3.63) is 40.7 Å². The molecule has 0 amide bonds. The largest absolute Gasteiger partial charge is 0.486 e. The molecule has 0 saturated carbocycles. The Labute approximate surface area is 161 Å². The van der Waals surface area contributed by atoms with Crippen LogP contribution in [0.5, 0.6) is 5.75 Å². The molecule has 0 N–H and O–H groups in total. The number of fused-ring (bicyclic) bond motifs is 1. The lowest BCUT2D eigenvalue weighted by atomic mass is 9.99. The van der Waals surface area contributed by atoms with E-state index in [0.29, 0.717) is 24.7 Å². The molecule has 27 heavy (non-hydrogen) atoms. The smallest absolute Gasteiger partial charge is 0.234 e. The zero-order chi connectivity index (χ0) is 19.0. The van der Waals surface area contributed by atoms with Crippen LogP contribution in [0.3, 0.4) is 0 Å². The molecule has 0 spiro atoms. The molecule has 0 bridgehead atoms. The maximum Gasteiger partial charge on any atom is 0.234 e. The van der Waals surface area contributed by atoms with Crippen LogP contribution in [0.1, 0.15) is 35.2 Å². The van der Waals surface area contributed by atoms with E-state index in [1.807, 2.05) is 31.2 Å². The Kier molecular flexibility index (Phi) is 4.87. The van der Waals surface area contributed by atoms with E-state index in [2.05, 4.69) is 15.3 Å². The minimum absolute atomic E-state index is 0.00397.